The van der Waals surface area contributed by atoms with E-state index in [0.29, 0.717) is 18.0 Å². The summed E-state index contributed by atoms with van der Waals surface area (Å²) in [6.07, 6.45) is 2.34. The number of nitrogens with zero attached hydrogens (tertiary/aromatic N) is 3. The van der Waals surface area contributed by atoms with Crippen molar-refractivity contribution in [2.75, 3.05) is 7.05 Å². The topological polar surface area (TPSA) is 59.2 Å². The smallest absolute Gasteiger partial charge is 0.254 e. The number of amides is 1. The largest absolute Gasteiger partial charge is 0.361 e. The molecule has 1 aliphatic rings. The molecular formula is C21H23N3O2. The first-order valence-corrected chi connectivity index (χ1v) is 9.02. The fraction of sp³-hybridized carbons (Fsp3) is 0.381. The van der Waals surface area contributed by atoms with E-state index in [9.17, 15) is 4.79 Å². The lowest BCUT2D eigenvalue weighted by molar-refractivity contribution is 0.0784. The number of hydrogen-bond acceptors (Lipinski definition) is 4. The van der Waals surface area contributed by atoms with E-state index in [2.05, 4.69) is 16.2 Å². The van der Waals surface area contributed by atoms with E-state index < -0.39 is 0 Å². The van der Waals surface area contributed by atoms with E-state index in [4.69, 9.17) is 4.52 Å². The van der Waals surface area contributed by atoms with Gasteiger partial charge in [-0.25, -0.2) is 0 Å². The maximum absolute atomic E-state index is 13.1. The Hall–Kier alpha value is -2.69. The van der Waals surface area contributed by atoms with Crippen molar-refractivity contribution in [1.29, 1.82) is 0 Å². The van der Waals surface area contributed by atoms with E-state index in [1.54, 1.807) is 11.9 Å². The zero-order valence-electron chi connectivity index (χ0n) is 15.7. The fourth-order valence-electron chi connectivity index (χ4n) is 3.47. The zero-order valence-corrected chi connectivity index (χ0v) is 15.7. The molecule has 1 fully saturated rings. The van der Waals surface area contributed by atoms with Crippen molar-refractivity contribution in [3.63, 3.8) is 0 Å². The summed E-state index contributed by atoms with van der Waals surface area (Å²) >= 11 is 0. The van der Waals surface area contributed by atoms with Crippen molar-refractivity contribution >= 4 is 16.8 Å². The van der Waals surface area contributed by atoms with Gasteiger partial charge in [0, 0.05) is 30.1 Å². The van der Waals surface area contributed by atoms with Crippen molar-refractivity contribution in [2.24, 2.45) is 0 Å². The lowest BCUT2D eigenvalue weighted by atomic mass is 10.0. The normalized spacial score (nSPS) is 14.0. The molecular weight excluding hydrogens is 326 g/mol. The number of aryl methyl sites for hydroxylation is 3. The Morgan fingerprint density at radius 2 is 1.96 bits per heavy atom. The summed E-state index contributed by atoms with van der Waals surface area (Å²) in [6, 6.07) is 7.99. The second-order valence-electron chi connectivity index (χ2n) is 7.45. The maximum atomic E-state index is 13.1. The van der Waals surface area contributed by atoms with Gasteiger partial charge in [0.05, 0.1) is 17.6 Å². The molecule has 1 saturated carbocycles. The number of aromatic nitrogens is 2. The lowest BCUT2D eigenvalue weighted by Gasteiger charge is -2.18. The van der Waals surface area contributed by atoms with E-state index in [1.807, 2.05) is 39.0 Å². The Balaban J connectivity index is 1.65. The molecule has 1 amide bonds. The first-order valence-electron chi connectivity index (χ1n) is 9.02. The van der Waals surface area contributed by atoms with Crippen LogP contribution in [-0.2, 0) is 6.54 Å². The van der Waals surface area contributed by atoms with Crippen molar-refractivity contribution in [1.82, 2.24) is 15.0 Å². The van der Waals surface area contributed by atoms with Gasteiger partial charge in [-0.15, -0.1) is 0 Å². The van der Waals surface area contributed by atoms with Gasteiger partial charge >= 0.3 is 0 Å². The third-order valence-corrected chi connectivity index (χ3v) is 4.91. The number of rotatable bonds is 4. The van der Waals surface area contributed by atoms with Crippen LogP contribution in [0.1, 0.15) is 57.4 Å². The SMILES string of the molecule is Cc1cc(C)c2nc(C)cc(C(=O)N(C)Cc3cc(C4CC4)on3)c2c1. The highest BCUT2D eigenvalue weighted by atomic mass is 16.5. The van der Waals surface area contributed by atoms with E-state index in [1.165, 1.54) is 12.8 Å². The Kier molecular flexibility index (Phi) is 4.02. The second kappa shape index (κ2) is 6.24. The van der Waals surface area contributed by atoms with Crippen LogP contribution in [0.15, 0.2) is 28.8 Å². The average molecular weight is 349 g/mol. The van der Waals surface area contributed by atoms with Gasteiger partial charge in [0.25, 0.3) is 5.91 Å². The van der Waals surface area contributed by atoms with Crippen molar-refractivity contribution in [2.45, 2.75) is 46.1 Å². The van der Waals surface area contributed by atoms with Gasteiger partial charge in [0.1, 0.15) is 11.5 Å². The van der Waals surface area contributed by atoms with Crippen LogP contribution in [0.5, 0.6) is 0 Å². The highest BCUT2D eigenvalue weighted by Gasteiger charge is 2.28. The van der Waals surface area contributed by atoms with E-state index >= 15 is 0 Å². The monoisotopic (exact) mass is 349 g/mol. The first kappa shape index (κ1) is 16.8. The molecule has 0 aliphatic heterocycles. The molecule has 0 saturated heterocycles. The molecule has 5 nitrogen and oxygen atoms in total. The molecule has 3 aromatic rings. The quantitative estimate of drug-likeness (QED) is 0.705. The molecule has 0 N–H and O–H groups in total. The number of carbonyl (C=O) groups excluding carboxylic acids is 1. The van der Waals surface area contributed by atoms with Crippen molar-refractivity contribution in [3.05, 3.63) is 58.1 Å². The van der Waals surface area contributed by atoms with Crippen LogP contribution in [0.25, 0.3) is 10.9 Å². The van der Waals surface area contributed by atoms with Crippen LogP contribution in [0, 0.1) is 20.8 Å². The molecule has 1 aliphatic carbocycles. The van der Waals surface area contributed by atoms with Crippen LogP contribution >= 0.6 is 0 Å². The summed E-state index contributed by atoms with van der Waals surface area (Å²) in [5.41, 5.74) is 5.44. The fourth-order valence-corrected chi connectivity index (χ4v) is 3.47. The Labute approximate surface area is 153 Å². The van der Waals surface area contributed by atoms with Crippen LogP contribution < -0.4 is 0 Å². The molecule has 26 heavy (non-hydrogen) atoms. The standard InChI is InChI=1S/C21H23N3O2/c1-12-7-13(2)20-17(8-12)18(9-14(3)22-20)21(25)24(4)11-16-10-19(26-23-16)15-5-6-15/h7-10,15H,5-6,11H2,1-4H3. The van der Waals surface area contributed by atoms with Gasteiger partial charge in [-0.1, -0.05) is 16.8 Å². The third-order valence-electron chi connectivity index (χ3n) is 4.91. The lowest BCUT2D eigenvalue weighted by Crippen LogP contribution is -2.26. The highest BCUT2D eigenvalue weighted by molar-refractivity contribution is 6.06. The van der Waals surface area contributed by atoms with Gasteiger partial charge in [0.2, 0.25) is 0 Å². The van der Waals surface area contributed by atoms with Gasteiger partial charge < -0.3 is 9.42 Å². The Morgan fingerprint density at radius 1 is 1.19 bits per heavy atom. The molecule has 0 atom stereocenters. The minimum absolute atomic E-state index is 0.0264. The summed E-state index contributed by atoms with van der Waals surface area (Å²) in [5.74, 6) is 1.44. The van der Waals surface area contributed by atoms with Crippen molar-refractivity contribution < 1.29 is 9.32 Å². The van der Waals surface area contributed by atoms with Gasteiger partial charge in [0.15, 0.2) is 0 Å². The van der Waals surface area contributed by atoms with E-state index in [0.717, 1.165) is 39.2 Å². The maximum Gasteiger partial charge on any atom is 0.254 e. The highest BCUT2D eigenvalue weighted by Crippen LogP contribution is 2.40. The predicted molar refractivity (Wildman–Crippen MR) is 100 cm³/mol. The number of carbonyl (C=O) groups is 1. The van der Waals surface area contributed by atoms with Crippen LogP contribution in [-0.4, -0.2) is 28.0 Å². The average Bonchev–Trinajstić information content (AvgIpc) is 3.34. The Bertz CT molecular complexity index is 1000. The molecule has 0 bridgehead atoms. The summed E-state index contributed by atoms with van der Waals surface area (Å²) in [7, 11) is 1.80. The van der Waals surface area contributed by atoms with Crippen molar-refractivity contribution in [3.8, 4) is 0 Å². The summed E-state index contributed by atoms with van der Waals surface area (Å²) in [6.45, 7) is 6.44. The number of fused-ring (bicyclic) bond motifs is 1. The van der Waals surface area contributed by atoms with Crippen LogP contribution in [0.2, 0.25) is 0 Å². The molecule has 5 heteroatoms. The number of hydrogen-bond donors (Lipinski definition) is 0. The van der Waals surface area contributed by atoms with E-state index in [-0.39, 0.29) is 5.91 Å². The minimum atomic E-state index is -0.0264. The molecule has 2 heterocycles. The first-order chi connectivity index (χ1) is 12.4. The van der Waals surface area contributed by atoms with Gasteiger partial charge in [-0.05, 0) is 51.3 Å². The predicted octanol–water partition coefficient (Wildman–Crippen LogP) is 4.30. The van der Waals surface area contributed by atoms with Crippen LogP contribution in [0.3, 0.4) is 0 Å². The summed E-state index contributed by atoms with van der Waals surface area (Å²) < 4.78 is 5.40. The third kappa shape index (κ3) is 3.09. The molecule has 2 aromatic heterocycles. The number of pyridine rings is 1. The molecule has 0 unspecified atom stereocenters. The molecule has 4 rings (SSSR count). The molecule has 0 radical (unpaired) electrons. The molecule has 0 spiro atoms. The summed E-state index contributed by atoms with van der Waals surface area (Å²) in [5, 5.41) is 5.03. The number of benzene rings is 1. The molecule has 134 valence electrons. The summed E-state index contributed by atoms with van der Waals surface area (Å²) in [4.78, 5) is 19.5. The van der Waals surface area contributed by atoms with Crippen LogP contribution in [0.4, 0.5) is 0 Å². The van der Waals surface area contributed by atoms with Gasteiger partial charge in [-0.2, -0.15) is 0 Å². The second-order valence-corrected chi connectivity index (χ2v) is 7.45. The van der Waals surface area contributed by atoms with Gasteiger partial charge in [-0.3, -0.25) is 9.78 Å². The zero-order chi connectivity index (χ0) is 18.4. The Morgan fingerprint density at radius 3 is 2.69 bits per heavy atom. The minimum Gasteiger partial charge on any atom is -0.361 e. The molecule has 1 aromatic carbocycles.